The number of para-hydroxylation sites is 1. The Morgan fingerprint density at radius 3 is 1.78 bits per heavy atom. The van der Waals surface area contributed by atoms with Crippen molar-refractivity contribution >= 4 is 64.6 Å². The number of aromatic nitrogens is 1. The van der Waals surface area contributed by atoms with E-state index < -0.39 is 65.9 Å². The number of nitrogens with zero attached hydrogens (tertiary/aromatic N) is 2. The van der Waals surface area contributed by atoms with Crippen molar-refractivity contribution in [1.29, 1.82) is 0 Å². The van der Waals surface area contributed by atoms with Crippen molar-refractivity contribution in [2.45, 2.75) is 129 Å². The quantitative estimate of drug-likeness (QED) is 0.0668. The van der Waals surface area contributed by atoms with Crippen LogP contribution in [0.2, 0.25) is 98.2 Å². The van der Waals surface area contributed by atoms with Gasteiger partial charge in [-0.1, -0.05) is 43.0 Å². The van der Waals surface area contributed by atoms with E-state index in [0.29, 0.717) is 0 Å². The number of ether oxygens (including phenoxy) is 1. The van der Waals surface area contributed by atoms with Gasteiger partial charge in [-0.2, -0.15) is 0 Å². The van der Waals surface area contributed by atoms with Gasteiger partial charge in [-0.3, -0.25) is 4.79 Å². The summed E-state index contributed by atoms with van der Waals surface area (Å²) in [6.07, 6.45) is 1.74. The fourth-order valence-corrected chi connectivity index (χ4v) is 11.0. The van der Waals surface area contributed by atoms with Gasteiger partial charge in [0.1, 0.15) is 38.1 Å². The molecule has 2 rings (SSSR count). The van der Waals surface area contributed by atoms with Crippen LogP contribution in [0.1, 0.15) is 5.56 Å². The number of hydrogen-bond donors (Lipinski definition) is 0. The van der Waals surface area contributed by atoms with Crippen LogP contribution in [0.15, 0.2) is 35.6 Å². The van der Waals surface area contributed by atoms with E-state index in [2.05, 4.69) is 126 Å². The molecule has 0 spiro atoms. The lowest BCUT2D eigenvalue weighted by Crippen LogP contribution is -2.59. The molecule has 1 heterocycles. The largest absolute Gasteiger partial charge is 0.463 e. The van der Waals surface area contributed by atoms with Gasteiger partial charge >= 0.3 is 5.97 Å². The second-order valence-electron chi connectivity index (χ2n) is 16.9. The molecule has 4 unspecified atom stereocenters. The van der Waals surface area contributed by atoms with Gasteiger partial charge in [0.2, 0.25) is 0 Å². The van der Waals surface area contributed by atoms with Crippen molar-refractivity contribution in [1.82, 2.24) is 4.23 Å². The van der Waals surface area contributed by atoms with Gasteiger partial charge in [0, 0.05) is 10.9 Å². The first-order valence-corrected chi connectivity index (χ1v) is 33.4. The highest BCUT2D eigenvalue weighted by Gasteiger charge is 2.45. The lowest BCUT2D eigenvalue weighted by atomic mass is 10.0. The Bertz CT molecular complexity index is 1300. The van der Waals surface area contributed by atoms with Gasteiger partial charge in [-0.25, -0.2) is 0 Å². The molecule has 4 atom stereocenters. The van der Waals surface area contributed by atoms with Gasteiger partial charge in [0.25, 0.3) is 0 Å². The van der Waals surface area contributed by atoms with E-state index in [1.165, 1.54) is 7.11 Å². The second-order valence-corrected chi connectivity index (χ2v) is 39.5. The number of carbonyl (C=O) groups excluding carboxylic acids is 1. The minimum Gasteiger partial charge on any atom is -0.463 e. The fraction of sp³-hybridized carbons (Fsp3) is 0.688. The van der Waals surface area contributed by atoms with Gasteiger partial charge < -0.3 is 31.5 Å². The highest BCUT2D eigenvalue weighted by molar-refractivity contribution is 6.75. The molecule has 0 aliphatic rings. The third kappa shape index (κ3) is 14.0. The maximum atomic E-state index is 13.6. The van der Waals surface area contributed by atoms with Crippen LogP contribution in [0.4, 0.5) is 0 Å². The molecule has 0 aliphatic heterocycles. The standard InChI is InChI=1S/C32H62N2O7Si5/c1-36-33-22-28(38-43(5,6)7)31(40-45(11,12)13)32(41-46(14,15)16)29(39-44(8,9)10)24-37-30(35)21-25-23-34(42(2,3)4)27-20-18-17-19-26(25)27/h17-20,22-23,28-29,31-32H,21,24H2,1-16H3/b33-22+. The summed E-state index contributed by atoms with van der Waals surface area (Å²) < 4.78 is 35.8. The topological polar surface area (TPSA) is 89.7 Å². The predicted molar refractivity (Wildman–Crippen MR) is 204 cm³/mol. The van der Waals surface area contributed by atoms with Crippen LogP contribution in [-0.4, -0.2) is 96.1 Å². The number of carbonyl (C=O) groups is 1. The summed E-state index contributed by atoms with van der Waals surface area (Å²) in [6, 6.07) is 8.28. The van der Waals surface area contributed by atoms with Crippen LogP contribution in [0, 0.1) is 0 Å². The molecule has 0 fully saturated rings. The van der Waals surface area contributed by atoms with Crippen molar-refractivity contribution in [3.8, 4) is 0 Å². The molecule has 2 aromatic rings. The molecule has 14 heteroatoms. The van der Waals surface area contributed by atoms with Crippen LogP contribution in [0.3, 0.4) is 0 Å². The smallest absolute Gasteiger partial charge is 0.310 e. The number of hydrogen-bond acceptors (Lipinski definition) is 8. The van der Waals surface area contributed by atoms with E-state index in [1.807, 2.05) is 12.1 Å². The van der Waals surface area contributed by atoms with E-state index in [4.69, 9.17) is 27.3 Å². The summed E-state index contributed by atoms with van der Waals surface area (Å²) in [4.78, 5) is 18.7. The average Bonchev–Trinajstić information content (AvgIpc) is 3.23. The van der Waals surface area contributed by atoms with Crippen LogP contribution in [0.5, 0.6) is 0 Å². The minimum absolute atomic E-state index is 0.0392. The second kappa shape index (κ2) is 15.9. The molecule has 0 saturated heterocycles. The summed E-state index contributed by atoms with van der Waals surface area (Å²) in [5, 5.41) is 5.22. The van der Waals surface area contributed by atoms with E-state index in [9.17, 15) is 4.79 Å². The molecule has 0 N–H and O–H groups in total. The molecule has 1 aromatic carbocycles. The Balaban J connectivity index is 2.55. The van der Waals surface area contributed by atoms with Crippen molar-refractivity contribution in [2.24, 2.45) is 5.16 Å². The van der Waals surface area contributed by atoms with Crippen molar-refractivity contribution in [3.05, 3.63) is 36.0 Å². The van der Waals surface area contributed by atoms with Crippen LogP contribution >= 0.6 is 0 Å². The van der Waals surface area contributed by atoms with Crippen molar-refractivity contribution in [2.75, 3.05) is 13.7 Å². The van der Waals surface area contributed by atoms with Crippen molar-refractivity contribution in [3.63, 3.8) is 0 Å². The summed E-state index contributed by atoms with van der Waals surface area (Å²) in [6.45, 7) is 32.6. The summed E-state index contributed by atoms with van der Waals surface area (Å²) in [5.41, 5.74) is 2.13. The third-order valence-corrected chi connectivity index (χ3v) is 12.3. The molecule has 0 bridgehead atoms. The molecule has 9 nitrogen and oxygen atoms in total. The fourth-order valence-electron chi connectivity index (χ4n) is 5.18. The van der Waals surface area contributed by atoms with Gasteiger partial charge in [-0.05, 0) is 96.4 Å². The maximum Gasteiger partial charge on any atom is 0.310 e. The molecule has 0 saturated carbocycles. The molecule has 1 aromatic heterocycles. The zero-order valence-electron chi connectivity index (χ0n) is 31.4. The number of benzene rings is 1. The van der Waals surface area contributed by atoms with Gasteiger partial charge in [-0.15, -0.1) is 0 Å². The minimum atomic E-state index is -2.18. The van der Waals surface area contributed by atoms with Gasteiger partial charge in [0.05, 0.1) is 12.6 Å². The first-order chi connectivity index (χ1) is 20.8. The Kier molecular flexibility index (Phi) is 14.1. The summed E-state index contributed by atoms with van der Waals surface area (Å²) in [5.74, 6) is -0.298. The summed E-state index contributed by atoms with van der Waals surface area (Å²) >= 11 is 0. The molecular weight excluding hydrogens is 665 g/mol. The Morgan fingerprint density at radius 2 is 1.28 bits per heavy atom. The molecular formula is C32H62N2O7Si5. The van der Waals surface area contributed by atoms with Crippen molar-refractivity contribution < 1.29 is 32.1 Å². The maximum absolute atomic E-state index is 13.6. The van der Waals surface area contributed by atoms with E-state index in [-0.39, 0.29) is 19.0 Å². The van der Waals surface area contributed by atoms with Crippen LogP contribution < -0.4 is 0 Å². The number of rotatable bonds is 18. The SMILES string of the molecule is CO/N=C/C(O[Si](C)(C)C)C(O[Si](C)(C)C)C(O[Si](C)(C)C)C(COC(=O)Cc1cn([Si](C)(C)C)c2ccccc12)O[Si](C)(C)C. The lowest BCUT2D eigenvalue weighted by molar-refractivity contribution is -0.149. The highest BCUT2D eigenvalue weighted by Crippen LogP contribution is 2.29. The van der Waals surface area contributed by atoms with Crippen LogP contribution in [0.25, 0.3) is 10.9 Å². The molecule has 262 valence electrons. The lowest BCUT2D eigenvalue weighted by Gasteiger charge is -2.44. The molecule has 0 aliphatic carbocycles. The number of fused-ring (bicyclic) bond motifs is 1. The van der Waals surface area contributed by atoms with E-state index in [0.717, 1.165) is 16.5 Å². The van der Waals surface area contributed by atoms with Crippen LogP contribution in [-0.2, 0) is 38.5 Å². The van der Waals surface area contributed by atoms with Gasteiger partial charge in [0.15, 0.2) is 41.5 Å². The third-order valence-electron chi connectivity index (χ3n) is 6.56. The number of oxime groups is 1. The average molecular weight is 727 g/mol. The summed E-state index contributed by atoms with van der Waals surface area (Å²) in [7, 11) is -8.77. The Labute approximate surface area is 283 Å². The zero-order chi connectivity index (χ0) is 35.3. The Morgan fingerprint density at radius 1 is 0.761 bits per heavy atom. The predicted octanol–water partition coefficient (Wildman–Crippen LogP) is 7.92. The molecule has 0 amide bonds. The molecule has 46 heavy (non-hydrogen) atoms. The van der Waals surface area contributed by atoms with E-state index in [1.54, 1.807) is 6.21 Å². The van der Waals surface area contributed by atoms with E-state index >= 15 is 0 Å². The number of esters is 1. The zero-order valence-corrected chi connectivity index (χ0v) is 36.4. The molecule has 0 radical (unpaired) electrons. The first kappa shape index (κ1) is 40.8. The first-order valence-electron chi connectivity index (χ1n) is 16.3. The highest BCUT2D eigenvalue weighted by atomic mass is 28.4. The Hall–Kier alpha value is -1.38. The monoisotopic (exact) mass is 726 g/mol. The normalized spacial score (nSPS) is 16.4.